The van der Waals surface area contributed by atoms with Gasteiger partial charge in [-0.2, -0.15) is 21.6 Å². The maximum absolute atomic E-state index is 13.0. The average molecular weight is 333 g/mol. The Hall–Kier alpha value is -2.26. The van der Waals surface area contributed by atoms with Gasteiger partial charge >= 0.3 is 6.18 Å². The third-order valence-electron chi connectivity index (χ3n) is 2.67. The Morgan fingerprint density at radius 1 is 1.09 bits per heavy atom. The monoisotopic (exact) mass is 333 g/mol. The fourth-order valence-electron chi connectivity index (χ4n) is 1.72. The smallest absolute Gasteiger partial charge is 0.420 e. The van der Waals surface area contributed by atoms with Crippen LogP contribution in [0.5, 0.6) is 11.5 Å². The summed E-state index contributed by atoms with van der Waals surface area (Å²) in [6.07, 6.45) is -4.81. The summed E-state index contributed by atoms with van der Waals surface area (Å²) in [5.74, 6) is -0.709. The highest BCUT2D eigenvalue weighted by Gasteiger charge is 2.36. The highest BCUT2D eigenvalue weighted by Crippen LogP contribution is 2.41. The van der Waals surface area contributed by atoms with Crippen LogP contribution in [0.4, 0.5) is 18.9 Å². The van der Waals surface area contributed by atoms with Crippen LogP contribution in [0, 0.1) is 0 Å². The van der Waals surface area contributed by atoms with Crippen molar-refractivity contribution in [1.29, 1.82) is 0 Å². The van der Waals surface area contributed by atoms with Crippen LogP contribution in [0.1, 0.15) is 5.56 Å². The predicted molar refractivity (Wildman–Crippen MR) is 72.2 cm³/mol. The Kier molecular flexibility index (Phi) is 4.03. The van der Waals surface area contributed by atoms with E-state index in [0.717, 1.165) is 0 Å². The van der Waals surface area contributed by atoms with E-state index >= 15 is 0 Å². The second-order valence-corrected chi connectivity index (χ2v) is 5.66. The molecule has 3 N–H and O–H groups in total. The fourth-order valence-corrected chi connectivity index (χ4v) is 2.34. The molecule has 0 heterocycles. The number of ether oxygens (including phenoxy) is 1. The minimum atomic E-state index is -4.81. The summed E-state index contributed by atoms with van der Waals surface area (Å²) in [6.45, 7) is 0. The predicted octanol–water partition coefficient (Wildman–Crippen LogP) is 3.33. The summed E-state index contributed by atoms with van der Waals surface area (Å²) in [7, 11) is -4.78. The first-order valence-corrected chi connectivity index (χ1v) is 7.24. The molecule has 0 aliphatic heterocycles. The lowest BCUT2D eigenvalue weighted by Crippen LogP contribution is -2.11. The molecule has 0 saturated carbocycles. The fraction of sp³-hybridized carbons (Fsp3) is 0.0769. The van der Waals surface area contributed by atoms with Gasteiger partial charge in [0.25, 0.3) is 10.1 Å². The Morgan fingerprint density at radius 2 is 1.68 bits per heavy atom. The minimum Gasteiger partial charge on any atom is -0.457 e. The lowest BCUT2D eigenvalue weighted by Gasteiger charge is -2.16. The zero-order valence-electron chi connectivity index (χ0n) is 10.8. The SMILES string of the molecule is Nc1cc(C(F)(F)F)c(Oc2ccccc2)cc1S(=O)(=O)O. The van der Waals surface area contributed by atoms with Crippen LogP contribution >= 0.6 is 0 Å². The molecule has 0 fully saturated rings. The van der Waals surface area contributed by atoms with Crippen molar-refractivity contribution in [3.8, 4) is 11.5 Å². The van der Waals surface area contributed by atoms with E-state index in [4.69, 9.17) is 15.0 Å². The minimum absolute atomic E-state index is 0.0686. The molecule has 5 nitrogen and oxygen atoms in total. The van der Waals surface area contributed by atoms with Gasteiger partial charge in [0.1, 0.15) is 22.0 Å². The molecule has 0 aliphatic carbocycles. The summed E-state index contributed by atoms with van der Waals surface area (Å²) in [6, 6.07) is 8.42. The quantitative estimate of drug-likeness (QED) is 0.664. The van der Waals surface area contributed by atoms with E-state index in [9.17, 15) is 21.6 Å². The number of rotatable bonds is 3. The Balaban J connectivity index is 2.63. The summed E-state index contributed by atoms with van der Waals surface area (Å²) >= 11 is 0. The van der Waals surface area contributed by atoms with E-state index < -0.39 is 38.2 Å². The first-order valence-electron chi connectivity index (χ1n) is 5.80. The highest BCUT2D eigenvalue weighted by atomic mass is 32.2. The molecular weight excluding hydrogens is 323 g/mol. The van der Waals surface area contributed by atoms with Crippen molar-refractivity contribution in [3.63, 3.8) is 0 Å². The third-order valence-corrected chi connectivity index (χ3v) is 3.58. The van der Waals surface area contributed by atoms with Gasteiger partial charge in [-0.1, -0.05) is 18.2 Å². The lowest BCUT2D eigenvalue weighted by molar-refractivity contribution is -0.138. The van der Waals surface area contributed by atoms with Gasteiger partial charge in [-0.15, -0.1) is 0 Å². The van der Waals surface area contributed by atoms with Crippen molar-refractivity contribution in [2.24, 2.45) is 0 Å². The topological polar surface area (TPSA) is 89.6 Å². The maximum Gasteiger partial charge on any atom is 0.420 e. The second-order valence-electron chi connectivity index (χ2n) is 4.27. The molecule has 0 saturated heterocycles. The summed E-state index contributed by atoms with van der Waals surface area (Å²) in [5.41, 5.74) is 3.30. The third kappa shape index (κ3) is 3.49. The van der Waals surface area contributed by atoms with E-state index in [2.05, 4.69) is 0 Å². The van der Waals surface area contributed by atoms with Gasteiger partial charge in [0, 0.05) is 6.07 Å². The van der Waals surface area contributed by atoms with Gasteiger partial charge in [-0.3, -0.25) is 4.55 Å². The molecule has 2 aromatic carbocycles. The molecule has 0 spiro atoms. The maximum atomic E-state index is 13.0. The Labute approximate surface area is 123 Å². The molecule has 0 bridgehead atoms. The lowest BCUT2D eigenvalue weighted by atomic mass is 10.1. The molecule has 9 heteroatoms. The van der Waals surface area contributed by atoms with Gasteiger partial charge in [0.15, 0.2) is 0 Å². The van der Waals surface area contributed by atoms with Crippen LogP contribution in [-0.4, -0.2) is 13.0 Å². The van der Waals surface area contributed by atoms with E-state index in [0.29, 0.717) is 12.1 Å². The Bertz CT molecular complexity index is 789. The number of halogens is 3. The zero-order chi connectivity index (χ0) is 16.5. The summed E-state index contributed by atoms with van der Waals surface area (Å²) < 4.78 is 75.4. The van der Waals surface area contributed by atoms with Crippen LogP contribution in [0.3, 0.4) is 0 Å². The van der Waals surface area contributed by atoms with Crippen molar-refractivity contribution >= 4 is 15.8 Å². The number of hydrogen-bond donors (Lipinski definition) is 2. The number of nitrogens with two attached hydrogens (primary N) is 1. The highest BCUT2D eigenvalue weighted by molar-refractivity contribution is 7.86. The van der Waals surface area contributed by atoms with Gasteiger partial charge in [0.2, 0.25) is 0 Å². The number of nitrogen functional groups attached to an aromatic ring is 1. The summed E-state index contributed by atoms with van der Waals surface area (Å²) in [4.78, 5) is -0.855. The molecule has 2 aromatic rings. The van der Waals surface area contributed by atoms with Crippen LogP contribution in [0.25, 0.3) is 0 Å². The van der Waals surface area contributed by atoms with Crippen LogP contribution in [-0.2, 0) is 16.3 Å². The van der Waals surface area contributed by atoms with Crippen molar-refractivity contribution in [2.45, 2.75) is 11.1 Å². The number of anilines is 1. The van der Waals surface area contributed by atoms with Crippen LogP contribution in [0.2, 0.25) is 0 Å². The molecule has 0 amide bonds. The van der Waals surface area contributed by atoms with E-state index in [-0.39, 0.29) is 5.75 Å². The van der Waals surface area contributed by atoms with Crippen molar-refractivity contribution in [3.05, 3.63) is 48.0 Å². The van der Waals surface area contributed by atoms with E-state index in [1.807, 2.05) is 0 Å². The van der Waals surface area contributed by atoms with Crippen LogP contribution in [0.15, 0.2) is 47.4 Å². The van der Waals surface area contributed by atoms with E-state index in [1.54, 1.807) is 6.07 Å². The van der Waals surface area contributed by atoms with Crippen molar-refractivity contribution in [2.75, 3.05) is 5.73 Å². The molecule has 0 aromatic heterocycles. The molecule has 0 aliphatic rings. The first kappa shape index (κ1) is 16.1. The van der Waals surface area contributed by atoms with Gasteiger partial charge in [-0.05, 0) is 18.2 Å². The van der Waals surface area contributed by atoms with Crippen molar-refractivity contribution < 1.29 is 30.9 Å². The van der Waals surface area contributed by atoms with Crippen LogP contribution < -0.4 is 10.5 Å². The Morgan fingerprint density at radius 3 is 2.18 bits per heavy atom. The van der Waals surface area contributed by atoms with Gasteiger partial charge in [-0.25, -0.2) is 0 Å². The van der Waals surface area contributed by atoms with E-state index in [1.165, 1.54) is 24.3 Å². The average Bonchev–Trinajstić information content (AvgIpc) is 2.39. The molecule has 2 rings (SSSR count). The second kappa shape index (κ2) is 5.50. The van der Waals surface area contributed by atoms with Gasteiger partial charge in [0.05, 0.1) is 5.69 Å². The molecule has 0 unspecified atom stereocenters. The largest absolute Gasteiger partial charge is 0.457 e. The molecular formula is C13H10F3NO4S. The number of para-hydroxylation sites is 1. The molecule has 22 heavy (non-hydrogen) atoms. The van der Waals surface area contributed by atoms with Crippen molar-refractivity contribution in [1.82, 2.24) is 0 Å². The molecule has 0 atom stereocenters. The summed E-state index contributed by atoms with van der Waals surface area (Å²) in [5, 5.41) is 0. The normalized spacial score (nSPS) is 12.2. The standard InChI is InChI=1S/C13H10F3NO4S/c14-13(15,16)9-6-10(17)12(22(18,19)20)7-11(9)21-8-4-2-1-3-5-8/h1-7H,17H2,(H,18,19,20). The van der Waals surface area contributed by atoms with Gasteiger partial charge < -0.3 is 10.5 Å². The zero-order valence-corrected chi connectivity index (χ0v) is 11.6. The number of alkyl halides is 3. The number of benzene rings is 2. The number of hydrogen-bond acceptors (Lipinski definition) is 4. The molecule has 0 radical (unpaired) electrons. The first-order chi connectivity index (χ1) is 10.1. The molecule has 118 valence electrons.